The summed E-state index contributed by atoms with van der Waals surface area (Å²) in [6, 6.07) is 36.2. The fourth-order valence-electron chi connectivity index (χ4n) is 4.82. The van der Waals surface area contributed by atoms with Crippen molar-refractivity contribution in [3.8, 4) is 11.3 Å². The van der Waals surface area contributed by atoms with Crippen molar-refractivity contribution in [3.63, 3.8) is 0 Å². The van der Waals surface area contributed by atoms with Gasteiger partial charge in [0.05, 0.1) is 11.6 Å². The SMILES string of the molecule is O=C(c1ccccc1)C(c1ccccc1)c1c(-c2c[nH]c3ccccc23)[nH]c2ccccc12. The molecule has 0 aliphatic rings. The lowest BCUT2D eigenvalue weighted by molar-refractivity contribution is 0.0974. The minimum Gasteiger partial charge on any atom is -0.360 e. The highest BCUT2D eigenvalue weighted by atomic mass is 16.1. The molecule has 0 bridgehead atoms. The van der Waals surface area contributed by atoms with E-state index in [0.29, 0.717) is 5.56 Å². The van der Waals surface area contributed by atoms with Crippen LogP contribution in [0.4, 0.5) is 0 Å². The van der Waals surface area contributed by atoms with Gasteiger partial charge in [-0.25, -0.2) is 0 Å². The van der Waals surface area contributed by atoms with Gasteiger partial charge in [-0.2, -0.15) is 0 Å². The van der Waals surface area contributed by atoms with Crippen molar-refractivity contribution in [1.82, 2.24) is 9.97 Å². The second kappa shape index (κ2) is 7.95. The summed E-state index contributed by atoms with van der Waals surface area (Å²) in [5, 5.41) is 2.19. The molecule has 2 aromatic heterocycles. The molecule has 158 valence electrons. The summed E-state index contributed by atoms with van der Waals surface area (Å²) >= 11 is 0. The molecule has 3 nitrogen and oxygen atoms in total. The molecule has 1 unspecified atom stereocenters. The predicted octanol–water partition coefficient (Wildman–Crippen LogP) is 7.33. The molecule has 33 heavy (non-hydrogen) atoms. The molecule has 2 heterocycles. The first-order valence-electron chi connectivity index (χ1n) is 11.1. The molecule has 6 rings (SSSR count). The van der Waals surface area contributed by atoms with Crippen molar-refractivity contribution in [1.29, 1.82) is 0 Å². The van der Waals surface area contributed by atoms with E-state index in [-0.39, 0.29) is 5.78 Å². The second-order valence-electron chi connectivity index (χ2n) is 8.28. The summed E-state index contributed by atoms with van der Waals surface area (Å²) < 4.78 is 0. The number of benzene rings is 4. The van der Waals surface area contributed by atoms with Crippen molar-refractivity contribution in [2.45, 2.75) is 5.92 Å². The van der Waals surface area contributed by atoms with Gasteiger partial charge in [-0.15, -0.1) is 0 Å². The monoisotopic (exact) mass is 426 g/mol. The Balaban J connectivity index is 1.67. The van der Waals surface area contributed by atoms with Gasteiger partial charge in [0.2, 0.25) is 0 Å². The first kappa shape index (κ1) is 19.3. The van der Waals surface area contributed by atoms with E-state index in [4.69, 9.17) is 0 Å². The standard InChI is InChI=1S/C30H22N2O/c33-30(21-13-5-2-6-14-21)27(20-11-3-1-4-12-20)28-23-16-8-10-18-26(23)32-29(28)24-19-31-25-17-9-7-15-22(24)25/h1-19,27,31-32H. The van der Waals surface area contributed by atoms with Crippen molar-refractivity contribution >= 4 is 27.6 Å². The van der Waals surface area contributed by atoms with E-state index >= 15 is 0 Å². The molecule has 3 heteroatoms. The molecule has 6 aromatic rings. The number of hydrogen-bond acceptors (Lipinski definition) is 1. The maximum Gasteiger partial charge on any atom is 0.174 e. The lowest BCUT2D eigenvalue weighted by Crippen LogP contribution is -2.15. The van der Waals surface area contributed by atoms with Crippen molar-refractivity contribution in [2.24, 2.45) is 0 Å². The quantitative estimate of drug-likeness (QED) is 0.279. The van der Waals surface area contributed by atoms with Crippen LogP contribution < -0.4 is 0 Å². The van der Waals surface area contributed by atoms with Gasteiger partial charge in [0, 0.05) is 44.7 Å². The van der Waals surface area contributed by atoms with E-state index in [1.807, 2.05) is 91.1 Å². The van der Waals surface area contributed by atoms with E-state index in [0.717, 1.165) is 44.2 Å². The van der Waals surface area contributed by atoms with Crippen LogP contribution in [-0.4, -0.2) is 15.8 Å². The van der Waals surface area contributed by atoms with Crippen LogP contribution in [0, 0.1) is 0 Å². The number of nitrogens with one attached hydrogen (secondary N) is 2. The van der Waals surface area contributed by atoms with Crippen molar-refractivity contribution < 1.29 is 4.79 Å². The third-order valence-electron chi connectivity index (χ3n) is 6.35. The van der Waals surface area contributed by atoms with Crippen LogP contribution in [0.1, 0.15) is 27.4 Å². The smallest absolute Gasteiger partial charge is 0.174 e. The van der Waals surface area contributed by atoms with Crippen LogP contribution in [0.15, 0.2) is 115 Å². The summed E-state index contributed by atoms with van der Waals surface area (Å²) in [6.07, 6.45) is 2.04. The molecule has 0 radical (unpaired) electrons. The van der Waals surface area contributed by atoms with E-state index in [1.54, 1.807) is 0 Å². The van der Waals surface area contributed by atoms with Gasteiger partial charge in [-0.3, -0.25) is 4.79 Å². The number of para-hydroxylation sites is 2. The van der Waals surface area contributed by atoms with Gasteiger partial charge < -0.3 is 9.97 Å². The van der Waals surface area contributed by atoms with Crippen molar-refractivity contribution in [2.75, 3.05) is 0 Å². The third-order valence-corrected chi connectivity index (χ3v) is 6.35. The molecule has 0 amide bonds. The first-order chi connectivity index (χ1) is 16.3. The molecular formula is C30H22N2O. The normalized spacial score (nSPS) is 12.2. The Bertz CT molecular complexity index is 1580. The summed E-state index contributed by atoms with van der Waals surface area (Å²) in [5.74, 6) is -0.346. The van der Waals surface area contributed by atoms with Gasteiger partial charge in [0.1, 0.15) is 0 Å². The van der Waals surface area contributed by atoms with Crippen LogP contribution in [0.5, 0.6) is 0 Å². The lowest BCUT2D eigenvalue weighted by Gasteiger charge is -2.19. The zero-order valence-corrected chi connectivity index (χ0v) is 18.0. The Morgan fingerprint density at radius 1 is 0.636 bits per heavy atom. The second-order valence-corrected chi connectivity index (χ2v) is 8.28. The maximum atomic E-state index is 14.1. The van der Waals surface area contributed by atoms with Crippen LogP contribution in [-0.2, 0) is 0 Å². The van der Waals surface area contributed by atoms with Crippen LogP contribution in [0.25, 0.3) is 33.1 Å². The van der Waals surface area contributed by atoms with E-state index < -0.39 is 5.92 Å². The summed E-state index contributed by atoms with van der Waals surface area (Å²) in [5.41, 5.74) is 6.84. The largest absolute Gasteiger partial charge is 0.360 e. The van der Waals surface area contributed by atoms with E-state index in [9.17, 15) is 4.79 Å². The number of hydrogen-bond donors (Lipinski definition) is 2. The number of carbonyl (C=O) groups is 1. The van der Waals surface area contributed by atoms with Gasteiger partial charge in [-0.1, -0.05) is 97.1 Å². The summed E-state index contributed by atoms with van der Waals surface area (Å²) in [4.78, 5) is 21.1. The van der Waals surface area contributed by atoms with Crippen LogP contribution in [0.3, 0.4) is 0 Å². The highest BCUT2D eigenvalue weighted by molar-refractivity contribution is 6.09. The summed E-state index contributed by atoms with van der Waals surface area (Å²) in [7, 11) is 0. The highest BCUT2D eigenvalue weighted by Gasteiger charge is 2.30. The molecule has 0 aliphatic heterocycles. The zero-order valence-electron chi connectivity index (χ0n) is 18.0. The minimum absolute atomic E-state index is 0.0904. The third kappa shape index (κ3) is 3.26. The van der Waals surface area contributed by atoms with Crippen LogP contribution in [0.2, 0.25) is 0 Å². The Hall–Kier alpha value is -4.37. The topological polar surface area (TPSA) is 48.6 Å². The Kier molecular flexibility index (Phi) is 4.66. The Morgan fingerprint density at radius 3 is 2.00 bits per heavy atom. The highest BCUT2D eigenvalue weighted by Crippen LogP contribution is 2.42. The average Bonchev–Trinajstić information content (AvgIpc) is 3.47. The number of H-pyrrole nitrogens is 2. The fraction of sp³-hybridized carbons (Fsp3) is 0.0333. The first-order valence-corrected chi connectivity index (χ1v) is 11.1. The van der Waals surface area contributed by atoms with Gasteiger partial charge in [0.15, 0.2) is 5.78 Å². The molecule has 4 aromatic carbocycles. The minimum atomic E-state index is -0.437. The molecule has 2 N–H and O–H groups in total. The molecule has 0 aliphatic carbocycles. The Labute approximate surface area is 191 Å². The maximum absolute atomic E-state index is 14.1. The molecule has 0 saturated heterocycles. The number of Topliss-reactive ketones (excluding diaryl/α,β-unsaturated/α-hetero) is 1. The fourth-order valence-corrected chi connectivity index (χ4v) is 4.82. The molecular weight excluding hydrogens is 404 g/mol. The van der Waals surface area contributed by atoms with Gasteiger partial charge >= 0.3 is 0 Å². The molecule has 0 saturated carbocycles. The average molecular weight is 427 g/mol. The molecule has 0 spiro atoms. The van der Waals surface area contributed by atoms with E-state index in [1.165, 1.54) is 0 Å². The number of ketones is 1. The number of aromatic amines is 2. The summed E-state index contributed by atoms with van der Waals surface area (Å²) in [6.45, 7) is 0. The lowest BCUT2D eigenvalue weighted by atomic mass is 9.82. The van der Waals surface area contributed by atoms with Gasteiger partial charge in [0.25, 0.3) is 0 Å². The predicted molar refractivity (Wildman–Crippen MR) is 135 cm³/mol. The molecule has 1 atom stereocenters. The van der Waals surface area contributed by atoms with Gasteiger partial charge in [-0.05, 0) is 17.7 Å². The number of carbonyl (C=O) groups excluding carboxylic acids is 1. The molecule has 0 fully saturated rings. The van der Waals surface area contributed by atoms with E-state index in [2.05, 4.69) is 34.2 Å². The Morgan fingerprint density at radius 2 is 1.24 bits per heavy atom. The zero-order chi connectivity index (χ0) is 22.2. The number of fused-ring (bicyclic) bond motifs is 2. The number of aromatic nitrogens is 2. The number of rotatable bonds is 5. The van der Waals surface area contributed by atoms with Crippen LogP contribution >= 0.6 is 0 Å². The van der Waals surface area contributed by atoms with Crippen molar-refractivity contribution in [3.05, 3.63) is 132 Å².